The Morgan fingerprint density at radius 1 is 1.18 bits per heavy atom. The molecule has 1 atom stereocenters. The molecule has 96 valence electrons. The summed E-state index contributed by atoms with van der Waals surface area (Å²) in [4.78, 5) is 4.62. The molecule has 1 unspecified atom stereocenters. The van der Waals surface area contributed by atoms with Gasteiger partial charge in [0, 0.05) is 6.20 Å². The minimum atomic E-state index is 0.408. The van der Waals surface area contributed by atoms with Crippen molar-refractivity contribution in [2.24, 2.45) is 5.92 Å². The van der Waals surface area contributed by atoms with E-state index in [1.165, 1.54) is 24.1 Å². The molecule has 17 heavy (non-hydrogen) atoms. The Bertz CT molecular complexity index is 318. The second-order valence-corrected chi connectivity index (χ2v) is 4.51. The van der Waals surface area contributed by atoms with Crippen molar-refractivity contribution < 1.29 is 0 Å². The summed E-state index contributed by atoms with van der Waals surface area (Å²) in [5, 5.41) is 3.61. The van der Waals surface area contributed by atoms with Gasteiger partial charge in [0.25, 0.3) is 0 Å². The molecule has 0 aliphatic carbocycles. The van der Waals surface area contributed by atoms with Crippen LogP contribution in [0.3, 0.4) is 0 Å². The van der Waals surface area contributed by atoms with E-state index in [1.54, 1.807) is 0 Å². The minimum Gasteiger partial charge on any atom is -0.309 e. The maximum absolute atomic E-state index is 4.62. The van der Waals surface area contributed by atoms with Crippen molar-refractivity contribution in [3.8, 4) is 0 Å². The second-order valence-electron chi connectivity index (χ2n) is 4.51. The molecule has 0 saturated carbocycles. The predicted octanol–water partition coefficient (Wildman–Crippen LogP) is 3.73. The fraction of sp³-hybridized carbons (Fsp3) is 0.667. The third kappa shape index (κ3) is 3.53. The number of pyridine rings is 1. The molecule has 1 heterocycles. The summed E-state index contributed by atoms with van der Waals surface area (Å²) < 4.78 is 0. The van der Waals surface area contributed by atoms with Crippen molar-refractivity contribution in [1.29, 1.82) is 0 Å². The molecule has 0 aromatic carbocycles. The Morgan fingerprint density at radius 2 is 1.88 bits per heavy atom. The molecule has 1 N–H and O–H groups in total. The van der Waals surface area contributed by atoms with Crippen LogP contribution < -0.4 is 5.32 Å². The van der Waals surface area contributed by atoms with Crippen LogP contribution in [0.15, 0.2) is 18.3 Å². The number of hydrogen-bond donors (Lipinski definition) is 1. The normalized spacial score (nSPS) is 13.0. The van der Waals surface area contributed by atoms with Crippen LogP contribution in [0.25, 0.3) is 0 Å². The van der Waals surface area contributed by atoms with Crippen molar-refractivity contribution in [2.45, 2.75) is 53.0 Å². The number of aromatic nitrogens is 1. The van der Waals surface area contributed by atoms with Gasteiger partial charge in [0.1, 0.15) is 0 Å². The second kappa shape index (κ2) is 7.44. The summed E-state index contributed by atoms with van der Waals surface area (Å²) >= 11 is 0. The average molecular weight is 234 g/mol. The van der Waals surface area contributed by atoms with Gasteiger partial charge in [-0.25, -0.2) is 0 Å². The Labute approximate surface area is 106 Å². The summed E-state index contributed by atoms with van der Waals surface area (Å²) in [6.07, 6.45) is 5.38. The fourth-order valence-electron chi connectivity index (χ4n) is 2.50. The van der Waals surface area contributed by atoms with Crippen LogP contribution in [0.4, 0.5) is 0 Å². The van der Waals surface area contributed by atoms with Gasteiger partial charge in [-0.2, -0.15) is 0 Å². The summed E-state index contributed by atoms with van der Waals surface area (Å²) in [5.41, 5.74) is 2.64. The minimum absolute atomic E-state index is 0.408. The van der Waals surface area contributed by atoms with Crippen molar-refractivity contribution >= 4 is 0 Å². The van der Waals surface area contributed by atoms with Crippen LogP contribution in [0, 0.1) is 5.92 Å². The van der Waals surface area contributed by atoms with E-state index in [9.17, 15) is 0 Å². The number of nitrogens with one attached hydrogen (secondary N) is 1. The van der Waals surface area contributed by atoms with Gasteiger partial charge in [-0.05, 0) is 30.5 Å². The van der Waals surface area contributed by atoms with E-state index in [0.29, 0.717) is 12.0 Å². The molecule has 0 fully saturated rings. The largest absolute Gasteiger partial charge is 0.309 e. The van der Waals surface area contributed by atoms with Crippen LogP contribution >= 0.6 is 0 Å². The van der Waals surface area contributed by atoms with Crippen LogP contribution in [0.1, 0.15) is 57.8 Å². The molecule has 1 aromatic heterocycles. The van der Waals surface area contributed by atoms with Crippen molar-refractivity contribution in [2.75, 3.05) is 6.54 Å². The number of rotatable bonds is 7. The first-order chi connectivity index (χ1) is 8.28. The first kappa shape index (κ1) is 14.2. The smallest absolute Gasteiger partial charge is 0.0607 e. The summed E-state index contributed by atoms with van der Waals surface area (Å²) in [6, 6.07) is 4.65. The highest BCUT2D eigenvalue weighted by atomic mass is 14.9. The molecule has 0 aliphatic heterocycles. The van der Waals surface area contributed by atoms with Gasteiger partial charge in [-0.15, -0.1) is 0 Å². The maximum atomic E-state index is 4.62. The van der Waals surface area contributed by atoms with Crippen LogP contribution in [-0.4, -0.2) is 11.5 Å². The molecule has 1 aromatic rings. The highest BCUT2D eigenvalue weighted by molar-refractivity contribution is 5.23. The summed E-state index contributed by atoms with van der Waals surface area (Å²) in [7, 11) is 0. The van der Waals surface area contributed by atoms with Gasteiger partial charge in [-0.3, -0.25) is 4.98 Å². The highest BCUT2D eigenvalue weighted by Gasteiger charge is 2.22. The van der Waals surface area contributed by atoms with E-state index in [-0.39, 0.29) is 0 Å². The van der Waals surface area contributed by atoms with E-state index in [2.05, 4.69) is 44.1 Å². The van der Waals surface area contributed by atoms with Crippen LogP contribution in [-0.2, 0) is 6.42 Å². The first-order valence-electron chi connectivity index (χ1n) is 6.95. The lowest BCUT2D eigenvalue weighted by Gasteiger charge is -2.27. The van der Waals surface area contributed by atoms with Crippen LogP contribution in [0.2, 0.25) is 0 Å². The van der Waals surface area contributed by atoms with Crippen molar-refractivity contribution in [3.05, 3.63) is 29.6 Å². The zero-order valence-electron chi connectivity index (χ0n) is 11.7. The zero-order valence-corrected chi connectivity index (χ0v) is 11.7. The Hall–Kier alpha value is -0.890. The highest BCUT2D eigenvalue weighted by Crippen LogP contribution is 2.28. The zero-order chi connectivity index (χ0) is 12.7. The summed E-state index contributed by atoms with van der Waals surface area (Å²) in [6.45, 7) is 9.92. The van der Waals surface area contributed by atoms with Gasteiger partial charge in [0.2, 0.25) is 0 Å². The van der Waals surface area contributed by atoms with Gasteiger partial charge in [0.15, 0.2) is 0 Å². The SMILES string of the molecule is CCNC(c1ncccc1CC)C(CC)CC. The molecule has 0 aliphatic rings. The molecular weight excluding hydrogens is 208 g/mol. The van der Waals surface area contributed by atoms with E-state index in [4.69, 9.17) is 0 Å². The van der Waals surface area contributed by atoms with Gasteiger partial charge in [-0.1, -0.05) is 46.6 Å². The maximum Gasteiger partial charge on any atom is 0.0607 e. The predicted molar refractivity (Wildman–Crippen MR) is 74.1 cm³/mol. The number of nitrogens with zero attached hydrogens (tertiary/aromatic N) is 1. The molecule has 2 heteroatoms. The molecule has 0 bridgehead atoms. The monoisotopic (exact) mass is 234 g/mol. The lowest BCUT2D eigenvalue weighted by atomic mass is 9.89. The molecule has 0 spiro atoms. The van der Waals surface area contributed by atoms with E-state index in [0.717, 1.165) is 13.0 Å². The Balaban J connectivity index is 3.03. The average Bonchev–Trinajstić information content (AvgIpc) is 2.39. The number of hydrogen-bond acceptors (Lipinski definition) is 2. The van der Waals surface area contributed by atoms with Crippen molar-refractivity contribution in [3.63, 3.8) is 0 Å². The van der Waals surface area contributed by atoms with Crippen LogP contribution in [0.5, 0.6) is 0 Å². The molecule has 0 radical (unpaired) electrons. The standard InChI is InChI=1S/C15H26N2/c1-5-12(6-2)14(16-8-4)15-13(7-3)10-9-11-17-15/h9-12,14,16H,5-8H2,1-4H3. The number of aryl methyl sites for hydroxylation is 1. The molecule has 0 amide bonds. The Kier molecular flexibility index (Phi) is 6.20. The topological polar surface area (TPSA) is 24.9 Å². The molecule has 1 rings (SSSR count). The lowest BCUT2D eigenvalue weighted by molar-refractivity contribution is 0.338. The van der Waals surface area contributed by atoms with Gasteiger partial charge in [0.05, 0.1) is 11.7 Å². The van der Waals surface area contributed by atoms with E-state index in [1.807, 2.05) is 12.3 Å². The molecule has 2 nitrogen and oxygen atoms in total. The summed E-state index contributed by atoms with van der Waals surface area (Å²) in [5.74, 6) is 0.676. The van der Waals surface area contributed by atoms with Gasteiger partial charge < -0.3 is 5.32 Å². The molecular formula is C15H26N2. The van der Waals surface area contributed by atoms with E-state index >= 15 is 0 Å². The van der Waals surface area contributed by atoms with Gasteiger partial charge >= 0.3 is 0 Å². The fourth-order valence-corrected chi connectivity index (χ4v) is 2.50. The lowest BCUT2D eigenvalue weighted by Crippen LogP contribution is -2.29. The third-order valence-corrected chi connectivity index (χ3v) is 3.55. The Morgan fingerprint density at radius 3 is 2.41 bits per heavy atom. The molecule has 0 saturated heterocycles. The van der Waals surface area contributed by atoms with E-state index < -0.39 is 0 Å². The third-order valence-electron chi connectivity index (χ3n) is 3.55. The quantitative estimate of drug-likeness (QED) is 0.777. The first-order valence-corrected chi connectivity index (χ1v) is 6.95. The van der Waals surface area contributed by atoms with Crippen molar-refractivity contribution in [1.82, 2.24) is 10.3 Å².